The maximum absolute atomic E-state index is 5.82. The molecule has 1 N–H and O–H groups in total. The predicted octanol–water partition coefficient (Wildman–Crippen LogP) is 4.59. The van der Waals surface area contributed by atoms with Crippen molar-refractivity contribution in [1.82, 2.24) is 4.98 Å². The van der Waals surface area contributed by atoms with E-state index in [2.05, 4.69) is 34.6 Å². The van der Waals surface area contributed by atoms with Crippen molar-refractivity contribution in [3.8, 4) is 0 Å². The van der Waals surface area contributed by atoms with Crippen molar-refractivity contribution in [1.29, 1.82) is 0 Å². The lowest BCUT2D eigenvalue weighted by atomic mass is 10.2. The third-order valence-corrected chi connectivity index (χ3v) is 3.58. The maximum Gasteiger partial charge on any atom is 0.134 e. The number of anilines is 1. The Hall–Kier alpha value is -2.81. The van der Waals surface area contributed by atoms with E-state index in [4.69, 9.17) is 4.42 Å². The van der Waals surface area contributed by atoms with Crippen LogP contribution < -0.4 is 5.32 Å². The molecule has 0 aliphatic rings. The Balaban J connectivity index is 1.63. The lowest BCUT2D eigenvalue weighted by Crippen LogP contribution is -1.98. The lowest BCUT2D eigenvalue weighted by molar-refractivity contribution is 0.559. The Morgan fingerprint density at radius 3 is 2.86 bits per heavy atom. The monoisotopic (exact) mass is 274 g/mol. The number of rotatable bonds is 3. The molecule has 4 aromatic rings. The average Bonchev–Trinajstić information content (AvgIpc) is 2.96. The van der Waals surface area contributed by atoms with Crippen molar-refractivity contribution in [2.75, 3.05) is 5.32 Å². The van der Waals surface area contributed by atoms with Gasteiger partial charge in [0, 0.05) is 22.7 Å². The molecule has 0 unspecified atom stereocenters. The van der Waals surface area contributed by atoms with E-state index in [0.29, 0.717) is 6.54 Å². The number of fused-ring (bicyclic) bond motifs is 2. The fourth-order valence-electron chi connectivity index (χ4n) is 2.56. The number of hydrogen-bond donors (Lipinski definition) is 1. The van der Waals surface area contributed by atoms with Crippen LogP contribution in [0.5, 0.6) is 0 Å². The molecule has 2 heterocycles. The number of nitrogens with one attached hydrogen (secondary N) is 1. The minimum Gasteiger partial charge on any atom is -0.459 e. The van der Waals surface area contributed by atoms with E-state index in [1.54, 1.807) is 0 Å². The van der Waals surface area contributed by atoms with Crippen LogP contribution in [0.2, 0.25) is 0 Å². The van der Waals surface area contributed by atoms with Crippen molar-refractivity contribution >= 4 is 27.6 Å². The molecule has 3 nitrogen and oxygen atoms in total. The second kappa shape index (κ2) is 4.94. The number of furan rings is 1. The smallest absolute Gasteiger partial charge is 0.134 e. The van der Waals surface area contributed by atoms with E-state index in [1.165, 1.54) is 0 Å². The van der Waals surface area contributed by atoms with Crippen LogP contribution in [0.1, 0.15) is 5.76 Å². The minimum atomic E-state index is 0.655. The summed E-state index contributed by atoms with van der Waals surface area (Å²) in [4.78, 5) is 4.37. The summed E-state index contributed by atoms with van der Waals surface area (Å²) in [7, 11) is 0. The highest BCUT2D eigenvalue weighted by atomic mass is 16.3. The molecule has 0 aliphatic carbocycles. The molecule has 4 rings (SSSR count). The molecule has 0 atom stereocenters. The Labute approximate surface area is 122 Å². The Morgan fingerprint density at radius 2 is 1.90 bits per heavy atom. The van der Waals surface area contributed by atoms with Gasteiger partial charge in [-0.1, -0.05) is 24.3 Å². The van der Waals surface area contributed by atoms with Gasteiger partial charge in [0.1, 0.15) is 11.3 Å². The summed E-state index contributed by atoms with van der Waals surface area (Å²) in [6.45, 7) is 0.655. The van der Waals surface area contributed by atoms with Crippen molar-refractivity contribution in [3.63, 3.8) is 0 Å². The third kappa shape index (κ3) is 2.23. The highest BCUT2D eigenvalue weighted by Gasteiger charge is 2.04. The highest BCUT2D eigenvalue weighted by molar-refractivity contribution is 5.91. The van der Waals surface area contributed by atoms with E-state index in [9.17, 15) is 0 Å². The van der Waals surface area contributed by atoms with Gasteiger partial charge in [-0.2, -0.15) is 0 Å². The van der Waals surface area contributed by atoms with Crippen LogP contribution >= 0.6 is 0 Å². The summed E-state index contributed by atoms with van der Waals surface area (Å²) in [5, 5.41) is 5.69. The number of para-hydroxylation sites is 1. The number of benzene rings is 2. The zero-order valence-electron chi connectivity index (χ0n) is 11.4. The number of hydrogen-bond acceptors (Lipinski definition) is 3. The van der Waals surface area contributed by atoms with Crippen LogP contribution in [-0.2, 0) is 6.54 Å². The molecule has 0 aliphatic heterocycles. The van der Waals surface area contributed by atoms with Crippen LogP contribution in [-0.4, -0.2) is 4.98 Å². The molecule has 0 saturated carbocycles. The molecule has 2 aromatic carbocycles. The maximum atomic E-state index is 5.82. The van der Waals surface area contributed by atoms with E-state index < -0.39 is 0 Å². The topological polar surface area (TPSA) is 38.1 Å². The van der Waals surface area contributed by atoms with Crippen LogP contribution in [0.4, 0.5) is 5.69 Å². The Morgan fingerprint density at radius 1 is 0.952 bits per heavy atom. The average molecular weight is 274 g/mol. The van der Waals surface area contributed by atoms with Gasteiger partial charge < -0.3 is 9.73 Å². The molecule has 0 fully saturated rings. The summed E-state index contributed by atoms with van der Waals surface area (Å²) in [6.07, 6.45) is 1.81. The van der Waals surface area contributed by atoms with Gasteiger partial charge in [0.25, 0.3) is 0 Å². The SMILES string of the molecule is c1ccc2oc(CNc3cccc4ncccc34)cc2c1. The second-order valence-corrected chi connectivity index (χ2v) is 4.98. The molecule has 0 saturated heterocycles. The normalized spacial score (nSPS) is 11.0. The van der Waals surface area contributed by atoms with Crippen LogP contribution in [0.25, 0.3) is 21.9 Å². The molecule has 3 heteroatoms. The fraction of sp³-hybridized carbons (Fsp3) is 0.0556. The van der Waals surface area contributed by atoms with E-state index >= 15 is 0 Å². The molecule has 0 spiro atoms. The van der Waals surface area contributed by atoms with Gasteiger partial charge in [-0.05, 0) is 36.4 Å². The number of pyridine rings is 1. The standard InChI is InChI=1S/C18H14N2O/c1-2-9-18-13(5-1)11-14(21-18)12-20-17-8-3-7-16-15(17)6-4-10-19-16/h1-11,20H,12H2. The lowest BCUT2D eigenvalue weighted by Gasteiger charge is -2.07. The molecule has 102 valence electrons. The van der Waals surface area contributed by atoms with Crippen molar-refractivity contribution in [2.24, 2.45) is 0 Å². The molecule has 0 bridgehead atoms. The van der Waals surface area contributed by atoms with E-state index in [0.717, 1.165) is 33.3 Å². The van der Waals surface area contributed by atoms with Crippen LogP contribution in [0.3, 0.4) is 0 Å². The first-order valence-corrected chi connectivity index (χ1v) is 6.95. The molecular formula is C18H14N2O. The third-order valence-electron chi connectivity index (χ3n) is 3.58. The van der Waals surface area contributed by atoms with Gasteiger partial charge in [-0.15, -0.1) is 0 Å². The van der Waals surface area contributed by atoms with Gasteiger partial charge >= 0.3 is 0 Å². The molecule has 2 aromatic heterocycles. The summed E-state index contributed by atoms with van der Waals surface area (Å²) >= 11 is 0. The van der Waals surface area contributed by atoms with E-state index in [-0.39, 0.29) is 0 Å². The van der Waals surface area contributed by atoms with Gasteiger partial charge in [0.15, 0.2) is 0 Å². The van der Waals surface area contributed by atoms with Crippen LogP contribution in [0, 0.1) is 0 Å². The summed E-state index contributed by atoms with van der Waals surface area (Å²) in [5.74, 6) is 0.928. The Bertz CT molecular complexity index is 873. The quantitative estimate of drug-likeness (QED) is 0.593. The zero-order chi connectivity index (χ0) is 14.1. The van der Waals surface area contributed by atoms with Gasteiger partial charge in [0.2, 0.25) is 0 Å². The number of nitrogens with zero attached hydrogens (tertiary/aromatic N) is 1. The van der Waals surface area contributed by atoms with Crippen molar-refractivity contribution in [3.05, 3.63) is 72.6 Å². The first-order valence-electron chi connectivity index (χ1n) is 6.95. The van der Waals surface area contributed by atoms with E-state index in [1.807, 2.05) is 42.6 Å². The van der Waals surface area contributed by atoms with Crippen molar-refractivity contribution < 1.29 is 4.42 Å². The first kappa shape index (κ1) is 12.0. The predicted molar refractivity (Wildman–Crippen MR) is 85.3 cm³/mol. The summed E-state index contributed by atoms with van der Waals surface area (Å²) in [6, 6.07) is 20.2. The molecular weight excluding hydrogens is 260 g/mol. The largest absolute Gasteiger partial charge is 0.459 e. The molecule has 21 heavy (non-hydrogen) atoms. The second-order valence-electron chi connectivity index (χ2n) is 4.98. The Kier molecular flexibility index (Phi) is 2.82. The van der Waals surface area contributed by atoms with Crippen LogP contribution in [0.15, 0.2) is 71.3 Å². The first-order chi connectivity index (χ1) is 10.4. The van der Waals surface area contributed by atoms with Gasteiger partial charge in [-0.3, -0.25) is 4.98 Å². The highest BCUT2D eigenvalue weighted by Crippen LogP contribution is 2.23. The van der Waals surface area contributed by atoms with Gasteiger partial charge in [0.05, 0.1) is 12.1 Å². The molecule has 0 radical (unpaired) electrons. The fourth-order valence-corrected chi connectivity index (χ4v) is 2.56. The van der Waals surface area contributed by atoms with Gasteiger partial charge in [-0.25, -0.2) is 0 Å². The minimum absolute atomic E-state index is 0.655. The number of aromatic nitrogens is 1. The molecule has 0 amide bonds. The summed E-state index contributed by atoms with van der Waals surface area (Å²) < 4.78 is 5.82. The van der Waals surface area contributed by atoms with Crippen molar-refractivity contribution in [2.45, 2.75) is 6.54 Å². The zero-order valence-corrected chi connectivity index (χ0v) is 11.4. The summed E-state index contributed by atoms with van der Waals surface area (Å²) in [5.41, 5.74) is 2.99.